The molecule has 0 aliphatic carbocycles. The largest absolute Gasteiger partial charge is 0.493 e. The minimum Gasteiger partial charge on any atom is -0.493 e. The van der Waals surface area contributed by atoms with Crippen LogP contribution in [0.3, 0.4) is 0 Å². The predicted octanol–water partition coefficient (Wildman–Crippen LogP) is 2.46. The number of rotatable bonds is 3. The number of nitrogens with zero attached hydrogens (tertiary/aromatic N) is 5. The number of aryl methyl sites for hydroxylation is 1. The molecule has 0 atom stereocenters. The molecule has 8 heteroatoms. The number of hydrogen-bond donors (Lipinski definition) is 1. The lowest BCUT2D eigenvalue weighted by Gasteiger charge is -2.32. The van der Waals surface area contributed by atoms with Crippen molar-refractivity contribution >= 4 is 5.91 Å². The number of pyridine rings is 1. The Kier molecular flexibility index (Phi) is 5.44. The zero-order valence-electron chi connectivity index (χ0n) is 17.3. The molecule has 1 fully saturated rings. The average molecular weight is 419 g/mol. The van der Waals surface area contributed by atoms with Crippen molar-refractivity contribution in [2.45, 2.75) is 6.92 Å². The average Bonchev–Trinajstić information content (AvgIpc) is 3.16. The molecule has 158 valence electrons. The maximum absolute atomic E-state index is 14.2. The molecule has 7 nitrogen and oxygen atoms in total. The third kappa shape index (κ3) is 3.88. The molecule has 0 bridgehead atoms. The van der Waals surface area contributed by atoms with Gasteiger partial charge in [-0.15, -0.1) is 6.42 Å². The summed E-state index contributed by atoms with van der Waals surface area (Å²) in [5.41, 5.74) is 2.20. The van der Waals surface area contributed by atoms with Crippen LogP contribution in [0.4, 0.5) is 4.39 Å². The third-order valence-electron chi connectivity index (χ3n) is 5.51. The lowest BCUT2D eigenvalue weighted by Crippen LogP contribution is -2.47. The summed E-state index contributed by atoms with van der Waals surface area (Å²) in [6, 6.07) is 6.13. The van der Waals surface area contributed by atoms with Gasteiger partial charge in [-0.05, 0) is 49.4 Å². The van der Waals surface area contributed by atoms with Crippen LogP contribution in [0.1, 0.15) is 21.5 Å². The second-order valence-electron chi connectivity index (χ2n) is 7.59. The summed E-state index contributed by atoms with van der Waals surface area (Å²) in [6.07, 6.45) is 8.23. The van der Waals surface area contributed by atoms with Crippen LogP contribution in [-0.2, 0) is 0 Å². The highest BCUT2D eigenvalue weighted by Crippen LogP contribution is 2.33. The molecule has 1 aromatic carbocycles. The van der Waals surface area contributed by atoms with Gasteiger partial charge in [0.15, 0.2) is 5.82 Å². The quantitative estimate of drug-likeness (QED) is 0.660. The van der Waals surface area contributed by atoms with Crippen molar-refractivity contribution in [2.75, 3.05) is 33.2 Å². The minimum absolute atomic E-state index is 0.0720. The Labute approximate surface area is 179 Å². The van der Waals surface area contributed by atoms with Gasteiger partial charge in [0, 0.05) is 32.4 Å². The number of aromatic hydroxyl groups is 1. The van der Waals surface area contributed by atoms with Gasteiger partial charge < -0.3 is 14.9 Å². The van der Waals surface area contributed by atoms with Crippen molar-refractivity contribution in [1.82, 2.24) is 24.6 Å². The Morgan fingerprint density at radius 3 is 2.55 bits per heavy atom. The molecule has 1 aliphatic rings. The van der Waals surface area contributed by atoms with Crippen LogP contribution in [0.25, 0.3) is 16.9 Å². The highest BCUT2D eigenvalue weighted by atomic mass is 19.1. The topological polar surface area (TPSA) is 74.5 Å². The fraction of sp³-hybridized carbons (Fsp3) is 0.261. The van der Waals surface area contributed by atoms with Crippen molar-refractivity contribution in [3.05, 3.63) is 59.2 Å². The van der Waals surface area contributed by atoms with E-state index >= 15 is 0 Å². The maximum atomic E-state index is 14.2. The molecule has 3 heterocycles. The van der Waals surface area contributed by atoms with E-state index in [9.17, 15) is 14.3 Å². The first-order chi connectivity index (χ1) is 14.9. The molecule has 0 spiro atoms. The monoisotopic (exact) mass is 419 g/mol. The third-order valence-corrected chi connectivity index (χ3v) is 5.51. The van der Waals surface area contributed by atoms with Crippen LogP contribution in [-0.4, -0.2) is 68.8 Å². The predicted molar refractivity (Wildman–Crippen MR) is 114 cm³/mol. The maximum Gasteiger partial charge on any atom is 0.255 e. The first-order valence-corrected chi connectivity index (χ1v) is 9.87. The Morgan fingerprint density at radius 1 is 1.16 bits per heavy atom. The SMILES string of the molecule is C#Cc1cc(C)c(-c2cnn(-c3ccc(C(=O)N4CCN(C)CC4)cn3)c2O)cc1F. The Bertz CT molecular complexity index is 1170. The van der Waals surface area contributed by atoms with Gasteiger partial charge in [0.1, 0.15) is 5.82 Å². The molecule has 0 radical (unpaired) electrons. The van der Waals surface area contributed by atoms with Gasteiger partial charge in [-0.2, -0.15) is 9.78 Å². The van der Waals surface area contributed by atoms with Crippen LogP contribution >= 0.6 is 0 Å². The Balaban J connectivity index is 1.59. The van der Waals surface area contributed by atoms with Crippen LogP contribution in [0.5, 0.6) is 5.88 Å². The fourth-order valence-electron chi connectivity index (χ4n) is 3.61. The van der Waals surface area contributed by atoms with Crippen LogP contribution in [0, 0.1) is 25.1 Å². The van der Waals surface area contributed by atoms with Crippen molar-refractivity contribution in [2.24, 2.45) is 0 Å². The van der Waals surface area contributed by atoms with Gasteiger partial charge in [0.05, 0.1) is 22.9 Å². The zero-order valence-corrected chi connectivity index (χ0v) is 17.3. The molecule has 1 aliphatic heterocycles. The van der Waals surface area contributed by atoms with E-state index < -0.39 is 5.82 Å². The molecular weight excluding hydrogens is 397 g/mol. The zero-order chi connectivity index (χ0) is 22.1. The first kappa shape index (κ1) is 20.6. The first-order valence-electron chi connectivity index (χ1n) is 9.87. The van der Waals surface area contributed by atoms with Crippen molar-refractivity contribution in [1.29, 1.82) is 0 Å². The van der Waals surface area contributed by atoms with Crippen LogP contribution in [0.2, 0.25) is 0 Å². The van der Waals surface area contributed by atoms with E-state index in [4.69, 9.17) is 6.42 Å². The van der Waals surface area contributed by atoms with Gasteiger partial charge in [-0.1, -0.05) is 5.92 Å². The van der Waals surface area contributed by atoms with E-state index in [0.29, 0.717) is 41.2 Å². The molecule has 0 unspecified atom stereocenters. The number of aromatic nitrogens is 3. The van der Waals surface area contributed by atoms with Gasteiger partial charge in [0.25, 0.3) is 5.91 Å². The van der Waals surface area contributed by atoms with Crippen molar-refractivity contribution in [3.63, 3.8) is 0 Å². The van der Waals surface area contributed by atoms with E-state index in [1.807, 2.05) is 7.05 Å². The minimum atomic E-state index is -0.542. The second kappa shape index (κ2) is 8.20. The van der Waals surface area contributed by atoms with Gasteiger partial charge in [-0.25, -0.2) is 9.37 Å². The summed E-state index contributed by atoms with van der Waals surface area (Å²) in [6.45, 7) is 4.81. The Morgan fingerprint density at radius 2 is 1.90 bits per heavy atom. The van der Waals surface area contributed by atoms with E-state index in [-0.39, 0.29) is 17.4 Å². The van der Waals surface area contributed by atoms with E-state index in [0.717, 1.165) is 13.1 Å². The van der Waals surface area contributed by atoms with Crippen LogP contribution in [0.15, 0.2) is 36.7 Å². The molecule has 3 aromatic rings. The number of terminal acetylenes is 1. The molecule has 0 saturated carbocycles. The summed E-state index contributed by atoms with van der Waals surface area (Å²) >= 11 is 0. The molecule has 1 amide bonds. The van der Waals surface area contributed by atoms with Gasteiger partial charge in [0.2, 0.25) is 5.88 Å². The molecule has 1 saturated heterocycles. The number of carbonyl (C=O) groups excluding carboxylic acids is 1. The van der Waals surface area contributed by atoms with E-state index in [1.54, 1.807) is 30.0 Å². The lowest BCUT2D eigenvalue weighted by atomic mass is 10.00. The smallest absolute Gasteiger partial charge is 0.255 e. The van der Waals surface area contributed by atoms with Crippen molar-refractivity contribution in [3.8, 4) is 35.2 Å². The molecule has 4 rings (SSSR count). The number of benzene rings is 1. The summed E-state index contributed by atoms with van der Waals surface area (Å²) in [4.78, 5) is 21.0. The van der Waals surface area contributed by atoms with Crippen LogP contribution < -0.4 is 0 Å². The number of halogens is 1. The number of amides is 1. The number of piperazine rings is 1. The van der Waals surface area contributed by atoms with Crippen molar-refractivity contribution < 1.29 is 14.3 Å². The number of carbonyl (C=O) groups is 1. The highest BCUT2D eigenvalue weighted by molar-refractivity contribution is 5.94. The summed E-state index contributed by atoms with van der Waals surface area (Å²) in [5, 5.41) is 14.9. The summed E-state index contributed by atoms with van der Waals surface area (Å²) in [7, 11) is 2.03. The number of hydrogen-bond acceptors (Lipinski definition) is 5. The molecular formula is C23H22FN5O2. The van der Waals surface area contributed by atoms with E-state index in [1.165, 1.54) is 23.1 Å². The Hall–Kier alpha value is -3.70. The molecule has 1 N–H and O–H groups in total. The highest BCUT2D eigenvalue weighted by Gasteiger charge is 2.21. The molecule has 31 heavy (non-hydrogen) atoms. The summed E-state index contributed by atoms with van der Waals surface area (Å²) in [5.74, 6) is 1.85. The lowest BCUT2D eigenvalue weighted by molar-refractivity contribution is 0.0663. The van der Waals surface area contributed by atoms with Gasteiger partial charge in [-0.3, -0.25) is 4.79 Å². The molecule has 2 aromatic heterocycles. The fourth-order valence-corrected chi connectivity index (χ4v) is 3.61. The summed E-state index contributed by atoms with van der Waals surface area (Å²) < 4.78 is 15.4. The second-order valence-corrected chi connectivity index (χ2v) is 7.59. The van der Waals surface area contributed by atoms with E-state index in [2.05, 4.69) is 20.9 Å². The number of likely N-dealkylation sites (N-methyl/N-ethyl adjacent to an activating group) is 1. The van der Waals surface area contributed by atoms with Gasteiger partial charge >= 0.3 is 0 Å². The standard InChI is InChI=1S/C23H22FN5O2/c1-4-16-11-15(2)18(12-20(16)24)19-14-26-29(23(19)31)21-6-5-17(13-25-21)22(30)28-9-7-27(3)8-10-28/h1,5-6,11-14,31H,7-10H2,2-3H3. The normalized spacial score (nSPS) is 14.5.